The molecule has 364 valence electrons. The number of rotatable bonds is 7. The van der Waals surface area contributed by atoms with Crippen molar-refractivity contribution in [2.45, 2.75) is 140 Å². The van der Waals surface area contributed by atoms with Crippen LogP contribution in [0.15, 0.2) is 12.1 Å². The molecule has 0 radical (unpaired) electrons. The van der Waals surface area contributed by atoms with E-state index in [9.17, 15) is 57.5 Å². The van der Waals surface area contributed by atoms with Crippen LogP contribution in [0.1, 0.15) is 99.1 Å². The molecule has 1 amide bonds. The molecule has 2 aromatic heterocycles. The van der Waals surface area contributed by atoms with Crippen molar-refractivity contribution >= 4 is 6.09 Å². The monoisotopic (exact) mass is 938 g/mol. The number of aryl methyl sites for hydroxylation is 2. The zero-order valence-corrected chi connectivity index (χ0v) is 35.8. The average Bonchev–Trinajstić information content (AvgIpc) is 4.06. The van der Waals surface area contributed by atoms with Gasteiger partial charge >= 0.3 is 30.8 Å². The number of alkyl halides is 12. The second kappa shape index (κ2) is 20.3. The molecular formula is C41H58F12N8O3. The summed E-state index contributed by atoms with van der Waals surface area (Å²) in [6, 6.07) is 5.44. The van der Waals surface area contributed by atoms with Gasteiger partial charge in [-0.05, 0) is 88.4 Å². The van der Waals surface area contributed by atoms with Gasteiger partial charge in [-0.1, -0.05) is 38.5 Å². The van der Waals surface area contributed by atoms with E-state index in [0.717, 1.165) is 47.5 Å². The molecule has 2 aromatic rings. The number of aromatic nitrogens is 4. The van der Waals surface area contributed by atoms with E-state index in [4.69, 9.17) is 10.2 Å². The predicted molar refractivity (Wildman–Crippen MR) is 208 cm³/mol. The van der Waals surface area contributed by atoms with Gasteiger partial charge < -0.3 is 20.1 Å². The van der Waals surface area contributed by atoms with E-state index in [2.05, 4.69) is 53.4 Å². The van der Waals surface area contributed by atoms with E-state index in [1.54, 1.807) is 0 Å². The molecule has 0 aromatic carbocycles. The van der Waals surface area contributed by atoms with Crippen molar-refractivity contribution < 1.29 is 67.3 Å². The van der Waals surface area contributed by atoms with Crippen molar-refractivity contribution in [3.8, 4) is 0 Å². The molecule has 4 aliphatic heterocycles. The quantitative estimate of drug-likeness (QED) is 0.267. The fourth-order valence-corrected chi connectivity index (χ4v) is 10.2. The van der Waals surface area contributed by atoms with Crippen molar-refractivity contribution in [2.75, 3.05) is 52.4 Å². The van der Waals surface area contributed by atoms with E-state index < -0.39 is 43.0 Å². The summed E-state index contributed by atoms with van der Waals surface area (Å²) in [4.78, 5) is 17.9. The van der Waals surface area contributed by atoms with Crippen molar-refractivity contribution in [3.63, 3.8) is 0 Å². The molecule has 2 saturated carbocycles. The number of carbonyl (C=O) groups is 1. The second-order valence-corrected chi connectivity index (χ2v) is 18.4. The second-order valence-electron chi connectivity index (χ2n) is 18.4. The summed E-state index contributed by atoms with van der Waals surface area (Å²) in [7, 11) is 0. The number of nitrogens with zero attached hydrogens (tertiary/aromatic N) is 7. The van der Waals surface area contributed by atoms with Gasteiger partial charge in [-0.25, -0.2) is 4.79 Å². The van der Waals surface area contributed by atoms with Crippen molar-refractivity contribution in [1.82, 2.24) is 39.6 Å². The number of halogens is 12. The Kier molecular flexibility index (Phi) is 15.9. The number of fused-ring (bicyclic) bond motifs is 2. The summed E-state index contributed by atoms with van der Waals surface area (Å²) < 4.78 is 150. The fourth-order valence-electron chi connectivity index (χ4n) is 10.2. The van der Waals surface area contributed by atoms with Gasteiger partial charge in [-0.15, -0.1) is 0 Å². The number of carbonyl (C=O) groups excluding carboxylic acids is 1. The average molecular weight is 939 g/mol. The highest BCUT2D eigenvalue weighted by Crippen LogP contribution is 2.39. The lowest BCUT2D eigenvalue weighted by Gasteiger charge is -2.27. The van der Waals surface area contributed by atoms with Gasteiger partial charge in [0.1, 0.15) is 0 Å². The zero-order valence-electron chi connectivity index (χ0n) is 35.8. The third-order valence-corrected chi connectivity index (χ3v) is 13.2. The van der Waals surface area contributed by atoms with Gasteiger partial charge in [-0.2, -0.15) is 62.9 Å². The maximum Gasteiger partial charge on any atom is 0.434 e. The lowest BCUT2D eigenvalue weighted by molar-refractivity contribution is -0.309. The molecule has 4 unspecified atom stereocenters. The number of aliphatic hydroxyl groups is 1. The molecule has 6 fully saturated rings. The highest BCUT2D eigenvalue weighted by Gasteiger charge is 2.61. The number of amides is 1. The standard InChI is InChI=1S/C21H28F6N4O2.C17H28N4.C3H2F6O/c1-13-7-17(31(28-13)16-5-3-2-4-6-16)12-29-8-14-10-30(11-15(14)9-29)19(32)33-18(20(22,23)24)21(25,26)27;1-13-7-17(21(19-13)16-5-3-2-4-6-16)12-20-10-14-8-18-9-15(14)11-20;4-2(5,6)1(10)3(7,8)9/h7,14-16,18H,2-6,8-12H2,1H3;7,14-16,18H,2-6,8-12H2,1H3;1,10H. The number of hydrogen-bond donors (Lipinski definition) is 2. The molecule has 0 spiro atoms. The van der Waals surface area contributed by atoms with E-state index in [0.29, 0.717) is 31.7 Å². The number of hydrogen-bond acceptors (Lipinski definition) is 8. The van der Waals surface area contributed by atoms with Crippen LogP contribution in [-0.4, -0.2) is 135 Å². The minimum absolute atomic E-state index is 0.0140. The third-order valence-electron chi connectivity index (χ3n) is 13.2. The Bertz CT molecular complexity index is 1770. The van der Waals surface area contributed by atoms with Crippen LogP contribution in [0.25, 0.3) is 0 Å². The van der Waals surface area contributed by atoms with Gasteiger partial charge in [0, 0.05) is 52.4 Å². The highest BCUT2D eigenvalue weighted by molar-refractivity contribution is 5.68. The van der Waals surface area contributed by atoms with Gasteiger partial charge in [0.25, 0.3) is 6.10 Å². The summed E-state index contributed by atoms with van der Waals surface area (Å²) in [5, 5.41) is 20.5. The predicted octanol–water partition coefficient (Wildman–Crippen LogP) is 8.51. The smallest absolute Gasteiger partial charge is 0.426 e. The molecule has 64 heavy (non-hydrogen) atoms. The maximum absolute atomic E-state index is 12.7. The topological polar surface area (TPSA) is 104 Å². The van der Waals surface area contributed by atoms with Crippen LogP contribution < -0.4 is 5.32 Å². The van der Waals surface area contributed by atoms with Crippen LogP contribution in [0.3, 0.4) is 0 Å². The van der Waals surface area contributed by atoms with Crippen LogP contribution in [0.2, 0.25) is 0 Å². The molecule has 6 aliphatic rings. The molecule has 2 N–H and O–H groups in total. The molecule has 4 saturated heterocycles. The number of nitrogens with one attached hydrogen (secondary N) is 1. The van der Waals surface area contributed by atoms with Crippen molar-refractivity contribution in [3.05, 3.63) is 34.9 Å². The lowest BCUT2D eigenvalue weighted by atomic mass is 9.95. The first-order valence-corrected chi connectivity index (χ1v) is 22.0. The van der Waals surface area contributed by atoms with Gasteiger partial charge in [0.15, 0.2) is 0 Å². The Labute approximate surface area is 363 Å². The van der Waals surface area contributed by atoms with Gasteiger partial charge in [0.2, 0.25) is 6.10 Å². The molecule has 11 nitrogen and oxygen atoms in total. The first-order chi connectivity index (χ1) is 29.9. The molecule has 23 heteroatoms. The van der Waals surface area contributed by atoms with E-state index in [1.807, 2.05) is 6.92 Å². The molecular weight excluding hydrogens is 880 g/mol. The normalized spacial score (nSPS) is 25.4. The van der Waals surface area contributed by atoms with Gasteiger partial charge in [0.05, 0.1) is 34.9 Å². The Morgan fingerprint density at radius 1 is 0.625 bits per heavy atom. The minimum atomic E-state index is -5.71. The van der Waals surface area contributed by atoms with Crippen LogP contribution in [-0.2, 0) is 17.8 Å². The molecule has 6 heterocycles. The van der Waals surface area contributed by atoms with Crippen LogP contribution in [0, 0.1) is 37.5 Å². The van der Waals surface area contributed by atoms with Crippen LogP contribution in [0.5, 0.6) is 0 Å². The Morgan fingerprint density at radius 3 is 1.34 bits per heavy atom. The van der Waals surface area contributed by atoms with Gasteiger partial charge in [-0.3, -0.25) is 19.2 Å². The number of ether oxygens (including phenoxy) is 1. The third kappa shape index (κ3) is 13.0. The zero-order chi connectivity index (χ0) is 46.8. The fraction of sp³-hybridized carbons (Fsp3) is 0.829. The summed E-state index contributed by atoms with van der Waals surface area (Å²) in [5.41, 5.74) is 4.71. The first-order valence-electron chi connectivity index (χ1n) is 22.0. The molecule has 4 atom stereocenters. The Balaban J connectivity index is 0.000000186. The first kappa shape index (κ1) is 50.1. The van der Waals surface area contributed by atoms with E-state index >= 15 is 0 Å². The van der Waals surface area contributed by atoms with Crippen molar-refractivity contribution in [2.24, 2.45) is 23.7 Å². The number of aliphatic hydroxyl groups excluding tert-OH is 1. The largest absolute Gasteiger partial charge is 0.434 e. The minimum Gasteiger partial charge on any atom is -0.426 e. The van der Waals surface area contributed by atoms with Crippen LogP contribution >= 0.6 is 0 Å². The summed E-state index contributed by atoms with van der Waals surface area (Å²) in [5.74, 6) is 1.74. The van der Waals surface area contributed by atoms with E-state index in [1.165, 1.54) is 88.9 Å². The Hall–Kier alpha value is -3.31. The van der Waals surface area contributed by atoms with E-state index in [-0.39, 0.29) is 24.9 Å². The molecule has 0 bridgehead atoms. The molecule has 2 aliphatic carbocycles. The summed E-state index contributed by atoms with van der Waals surface area (Å²) >= 11 is 0. The summed E-state index contributed by atoms with van der Waals surface area (Å²) in [6.45, 7) is 12.3. The lowest BCUT2D eigenvalue weighted by Crippen LogP contribution is -2.48. The maximum atomic E-state index is 12.7. The Morgan fingerprint density at radius 2 is 1.00 bits per heavy atom. The molecule has 8 rings (SSSR count). The highest BCUT2D eigenvalue weighted by atomic mass is 19.4. The summed E-state index contributed by atoms with van der Waals surface area (Å²) in [6.07, 6.45) is -20.0. The SMILES string of the molecule is Cc1cc(CN2CC3CN(C(=O)OC(C(F)(F)F)C(F)(F)F)CC3C2)n(C2CCCCC2)n1.Cc1cc(CN2CC3CNCC3C2)n(C2CCCCC2)n1.OC(C(F)(F)F)C(F)(F)F. The van der Waals surface area contributed by atoms with Crippen LogP contribution in [0.4, 0.5) is 57.5 Å². The van der Waals surface area contributed by atoms with Crippen molar-refractivity contribution in [1.29, 1.82) is 0 Å². The number of likely N-dealkylation sites (tertiary alicyclic amines) is 3.